The number of carbonyl (C=O) groups is 1. The lowest BCUT2D eigenvalue weighted by Crippen LogP contribution is -2.31. The number of fused-ring (bicyclic) bond motifs is 1. The maximum atomic E-state index is 12.2. The molecule has 3 atom stereocenters. The zero-order valence-electron chi connectivity index (χ0n) is 18.3. The van der Waals surface area contributed by atoms with Gasteiger partial charge in [0.25, 0.3) is 5.89 Å². The van der Waals surface area contributed by atoms with Crippen LogP contribution in [-0.2, 0) is 11.3 Å². The Morgan fingerprint density at radius 2 is 1.91 bits per heavy atom. The van der Waals surface area contributed by atoms with Gasteiger partial charge in [-0.15, -0.1) is 10.2 Å². The summed E-state index contributed by atoms with van der Waals surface area (Å²) in [6, 6.07) is 7.91. The van der Waals surface area contributed by atoms with Crippen LogP contribution in [0.1, 0.15) is 11.3 Å². The Bertz CT molecular complexity index is 1150. The second-order valence-corrected chi connectivity index (χ2v) is 8.59. The highest BCUT2D eigenvalue weighted by molar-refractivity contribution is 5.82. The molecule has 5 rings (SSSR count). The van der Waals surface area contributed by atoms with Crippen LogP contribution in [0.25, 0.3) is 23.0 Å². The minimum absolute atomic E-state index is 0. The molecule has 3 N–H and O–H groups in total. The number of amides is 1. The van der Waals surface area contributed by atoms with Crippen LogP contribution in [0.3, 0.4) is 0 Å². The van der Waals surface area contributed by atoms with Gasteiger partial charge < -0.3 is 25.3 Å². The number of anilines is 2. The summed E-state index contributed by atoms with van der Waals surface area (Å²) in [6.45, 7) is 2.35. The normalized spacial score (nSPS) is 21.5. The Hall–Kier alpha value is -3.53. The maximum Gasteiger partial charge on any atom is 0.270 e. The van der Waals surface area contributed by atoms with Crippen LogP contribution >= 0.6 is 0 Å². The molecule has 2 unspecified atom stereocenters. The van der Waals surface area contributed by atoms with Gasteiger partial charge in [0.1, 0.15) is 5.82 Å². The fraction of sp³-hybridized carbons (Fsp3) is 0.409. The molecule has 2 aromatic heterocycles. The van der Waals surface area contributed by atoms with E-state index < -0.39 is 0 Å². The first-order valence-electron chi connectivity index (χ1n) is 10.6. The number of carbonyl (C=O) groups excluding carboxylic acids is 1. The summed E-state index contributed by atoms with van der Waals surface area (Å²) in [4.78, 5) is 25.0. The largest absolute Gasteiger partial charge is 0.414 e. The molecule has 1 amide bonds. The van der Waals surface area contributed by atoms with E-state index in [2.05, 4.69) is 30.4 Å². The highest BCUT2D eigenvalue weighted by atomic mass is 16.4. The SMILES string of the molecule is CNCc1ccc(-c2nnc(-c3nc(N4CC5C(C(=O)N(C)C)[C@@H]5C4)cnc3N)o2)cc1.[HH].[HH].[HH].[HH]. The molecule has 1 aliphatic carbocycles. The molecule has 10 nitrogen and oxygen atoms in total. The van der Waals surface area contributed by atoms with Gasteiger partial charge in [0, 0.05) is 50.9 Å². The van der Waals surface area contributed by atoms with Crippen LogP contribution in [0.4, 0.5) is 11.6 Å². The summed E-state index contributed by atoms with van der Waals surface area (Å²) in [5, 5.41) is 11.4. The Morgan fingerprint density at radius 3 is 2.56 bits per heavy atom. The van der Waals surface area contributed by atoms with E-state index in [1.807, 2.05) is 31.3 Å². The van der Waals surface area contributed by atoms with Gasteiger partial charge in [0.05, 0.1) is 6.20 Å². The van der Waals surface area contributed by atoms with Crippen molar-refractivity contribution in [2.24, 2.45) is 17.8 Å². The number of aromatic nitrogens is 4. The summed E-state index contributed by atoms with van der Waals surface area (Å²) in [5.74, 6) is 2.64. The second-order valence-electron chi connectivity index (χ2n) is 8.59. The number of rotatable bonds is 6. The minimum Gasteiger partial charge on any atom is -0.414 e. The summed E-state index contributed by atoms with van der Waals surface area (Å²) < 4.78 is 5.87. The van der Waals surface area contributed by atoms with E-state index >= 15 is 0 Å². The minimum atomic E-state index is 0. The predicted molar refractivity (Wildman–Crippen MR) is 128 cm³/mol. The molecule has 1 saturated carbocycles. The van der Waals surface area contributed by atoms with Crippen molar-refractivity contribution >= 4 is 17.5 Å². The molecular formula is C22H34N8O2. The van der Waals surface area contributed by atoms with Crippen molar-refractivity contribution in [2.45, 2.75) is 6.54 Å². The first kappa shape index (κ1) is 20.4. The van der Waals surface area contributed by atoms with Gasteiger partial charge in [-0.05, 0) is 36.6 Å². The van der Waals surface area contributed by atoms with Gasteiger partial charge in [-0.3, -0.25) is 4.79 Å². The van der Waals surface area contributed by atoms with E-state index in [0.717, 1.165) is 30.8 Å². The van der Waals surface area contributed by atoms with Crippen LogP contribution in [-0.4, -0.2) is 65.2 Å². The van der Waals surface area contributed by atoms with Crippen LogP contribution in [0, 0.1) is 17.8 Å². The molecule has 3 aromatic rings. The molecule has 0 radical (unpaired) electrons. The molecule has 1 aliphatic heterocycles. The highest BCUT2D eigenvalue weighted by Crippen LogP contribution is 2.53. The summed E-state index contributed by atoms with van der Waals surface area (Å²) in [7, 11) is 5.52. The Balaban J connectivity index is 0.00000162. The third-order valence-electron chi connectivity index (χ3n) is 6.24. The Kier molecular flexibility index (Phi) is 5.01. The fourth-order valence-electron chi connectivity index (χ4n) is 4.48. The number of benzene rings is 1. The fourth-order valence-corrected chi connectivity index (χ4v) is 4.48. The van der Waals surface area contributed by atoms with E-state index in [0.29, 0.717) is 29.2 Å². The molecular weight excluding hydrogens is 408 g/mol. The van der Waals surface area contributed by atoms with Crippen molar-refractivity contribution in [1.29, 1.82) is 0 Å². The number of nitrogens with two attached hydrogens (primary N) is 1. The standard InChI is InChI=1S/C22H26N8O2.4H2/c1-24-8-12-4-6-13(7-5-12)20-27-28-21(32-20)18-19(23)25-9-16(26-18)30-10-14-15(11-30)17(14)22(31)29(2)3;;;;/h4-7,9,14-15,17,24H,8,10-11H2,1-3H3,(H2,23,25);4*1H/t14-,15?,17?;;;;/m1..../s1. The van der Waals surface area contributed by atoms with Crippen LogP contribution in [0.5, 0.6) is 0 Å². The zero-order chi connectivity index (χ0) is 22.4. The van der Waals surface area contributed by atoms with Crippen LogP contribution in [0.15, 0.2) is 34.9 Å². The topological polar surface area (TPSA) is 126 Å². The Morgan fingerprint density at radius 1 is 1.22 bits per heavy atom. The van der Waals surface area contributed by atoms with Gasteiger partial charge in [-0.25, -0.2) is 9.97 Å². The second kappa shape index (κ2) is 7.86. The first-order chi connectivity index (χ1) is 15.5. The number of hydrogen-bond acceptors (Lipinski definition) is 9. The summed E-state index contributed by atoms with van der Waals surface area (Å²) in [5.41, 5.74) is 8.43. The predicted octanol–water partition coefficient (Wildman–Crippen LogP) is 2.25. The maximum absolute atomic E-state index is 12.2. The smallest absolute Gasteiger partial charge is 0.270 e. The number of hydrogen-bond donors (Lipinski definition) is 2. The van der Waals surface area contributed by atoms with E-state index in [4.69, 9.17) is 10.2 Å². The molecule has 10 heteroatoms. The zero-order valence-corrected chi connectivity index (χ0v) is 18.3. The average molecular weight is 443 g/mol. The van der Waals surface area contributed by atoms with Crippen molar-refractivity contribution in [2.75, 3.05) is 44.9 Å². The molecule has 0 bridgehead atoms. The van der Waals surface area contributed by atoms with Gasteiger partial charge in [0.15, 0.2) is 11.5 Å². The third-order valence-corrected chi connectivity index (χ3v) is 6.24. The van der Waals surface area contributed by atoms with E-state index in [9.17, 15) is 4.79 Å². The van der Waals surface area contributed by atoms with Gasteiger partial charge in [-0.2, -0.15) is 0 Å². The van der Waals surface area contributed by atoms with E-state index in [1.54, 1.807) is 25.2 Å². The number of piperidine rings is 1. The van der Waals surface area contributed by atoms with Crippen molar-refractivity contribution in [1.82, 2.24) is 30.4 Å². The van der Waals surface area contributed by atoms with E-state index in [1.165, 1.54) is 0 Å². The monoisotopic (exact) mass is 442 g/mol. The van der Waals surface area contributed by atoms with Gasteiger partial charge in [-0.1, -0.05) is 12.1 Å². The number of nitrogens with one attached hydrogen (secondary N) is 1. The van der Waals surface area contributed by atoms with Gasteiger partial charge in [0.2, 0.25) is 11.8 Å². The van der Waals surface area contributed by atoms with Crippen molar-refractivity contribution in [3.05, 3.63) is 36.0 Å². The van der Waals surface area contributed by atoms with E-state index in [-0.39, 0.29) is 29.2 Å². The molecule has 1 saturated heterocycles. The summed E-state index contributed by atoms with van der Waals surface area (Å²) in [6.07, 6.45) is 1.66. The lowest BCUT2D eigenvalue weighted by molar-refractivity contribution is -0.130. The number of nitrogens with zero attached hydrogens (tertiary/aromatic N) is 6. The molecule has 3 heterocycles. The van der Waals surface area contributed by atoms with Crippen molar-refractivity contribution < 1.29 is 14.9 Å². The molecule has 174 valence electrons. The quantitative estimate of drug-likeness (QED) is 0.591. The number of nitrogen functional groups attached to an aromatic ring is 1. The third kappa shape index (κ3) is 3.56. The lowest BCUT2D eigenvalue weighted by atomic mass is 10.1. The highest BCUT2D eigenvalue weighted by Gasteiger charge is 2.60. The molecule has 32 heavy (non-hydrogen) atoms. The van der Waals surface area contributed by atoms with Crippen LogP contribution in [0.2, 0.25) is 0 Å². The Labute approximate surface area is 191 Å². The van der Waals surface area contributed by atoms with Crippen LogP contribution < -0.4 is 16.0 Å². The van der Waals surface area contributed by atoms with Gasteiger partial charge >= 0.3 is 0 Å². The molecule has 2 aliphatic rings. The van der Waals surface area contributed by atoms with Crippen molar-refractivity contribution in [3.8, 4) is 23.0 Å². The molecule has 0 spiro atoms. The average Bonchev–Trinajstić information content (AvgIpc) is 3.13. The molecule has 1 aromatic carbocycles. The summed E-state index contributed by atoms with van der Waals surface area (Å²) >= 11 is 0. The molecule has 2 fully saturated rings. The first-order valence-corrected chi connectivity index (χ1v) is 10.6. The lowest BCUT2D eigenvalue weighted by Gasteiger charge is -2.21. The van der Waals surface area contributed by atoms with Crippen molar-refractivity contribution in [3.63, 3.8) is 0 Å².